The minimum atomic E-state index is -0.000703. The van der Waals surface area contributed by atoms with E-state index in [9.17, 15) is 9.59 Å². The van der Waals surface area contributed by atoms with E-state index in [4.69, 9.17) is 9.47 Å². The summed E-state index contributed by atoms with van der Waals surface area (Å²) in [6.45, 7) is 10.2. The average molecular weight is 785 g/mol. The molecule has 0 aliphatic rings. The summed E-state index contributed by atoms with van der Waals surface area (Å²) in [5.41, 5.74) is 0. The van der Waals surface area contributed by atoms with E-state index in [-0.39, 0.29) is 11.9 Å². The van der Waals surface area contributed by atoms with Crippen LogP contribution in [0.15, 0.2) is 48.6 Å². The van der Waals surface area contributed by atoms with Gasteiger partial charge in [-0.15, -0.1) is 0 Å². The van der Waals surface area contributed by atoms with Crippen molar-refractivity contribution in [3.05, 3.63) is 48.6 Å². The zero-order chi connectivity index (χ0) is 41.1. The fourth-order valence-corrected chi connectivity index (χ4v) is 6.44. The van der Waals surface area contributed by atoms with Crippen LogP contribution < -0.4 is 0 Å². The van der Waals surface area contributed by atoms with E-state index in [1.165, 1.54) is 167 Å². The Morgan fingerprint density at radius 2 is 0.554 bits per heavy atom. The predicted octanol–water partition coefficient (Wildman–Crippen LogP) is 17.4. The number of carbonyl (C=O) groups is 2. The van der Waals surface area contributed by atoms with Crippen molar-refractivity contribution in [2.45, 2.75) is 259 Å². The summed E-state index contributed by atoms with van der Waals surface area (Å²) >= 11 is 0. The third kappa shape index (κ3) is 54.0. The lowest BCUT2D eigenvalue weighted by Gasteiger charge is -2.05. The number of esters is 2. The molecule has 0 atom stereocenters. The second-order valence-corrected chi connectivity index (χ2v) is 15.9. The van der Waals surface area contributed by atoms with Gasteiger partial charge in [0.2, 0.25) is 0 Å². The number of allylic oxidation sites excluding steroid dienone is 8. The van der Waals surface area contributed by atoms with Crippen LogP contribution in [0.25, 0.3) is 0 Å². The zero-order valence-corrected chi connectivity index (χ0v) is 38.1. The third-order valence-electron chi connectivity index (χ3n) is 10.2. The smallest absolute Gasteiger partial charge is 0.305 e. The first kappa shape index (κ1) is 56.0. The maximum absolute atomic E-state index is 11.7. The van der Waals surface area contributed by atoms with Crippen LogP contribution in [0.1, 0.15) is 259 Å². The molecule has 0 aromatic rings. The third-order valence-corrected chi connectivity index (χ3v) is 10.2. The van der Waals surface area contributed by atoms with Crippen molar-refractivity contribution in [2.75, 3.05) is 13.2 Å². The van der Waals surface area contributed by atoms with Crippen LogP contribution >= 0.6 is 0 Å². The quantitative estimate of drug-likeness (QED) is 0.0351. The van der Waals surface area contributed by atoms with Crippen molar-refractivity contribution in [1.29, 1.82) is 0 Å². The summed E-state index contributed by atoms with van der Waals surface area (Å²) < 4.78 is 10.6. The molecule has 0 bridgehead atoms. The van der Waals surface area contributed by atoms with Gasteiger partial charge in [0.25, 0.3) is 0 Å². The highest BCUT2D eigenvalue weighted by atomic mass is 16.5. The van der Waals surface area contributed by atoms with Gasteiger partial charge < -0.3 is 9.47 Å². The molecule has 0 radical (unpaired) electrons. The van der Waals surface area contributed by atoms with E-state index in [1.54, 1.807) is 0 Å². The molecule has 0 heterocycles. The molecule has 0 spiro atoms. The van der Waals surface area contributed by atoms with Crippen LogP contribution in [-0.4, -0.2) is 25.2 Å². The molecule has 328 valence electrons. The van der Waals surface area contributed by atoms with Gasteiger partial charge in [0.15, 0.2) is 0 Å². The van der Waals surface area contributed by atoms with E-state index in [1.807, 2.05) is 0 Å². The number of unbranched alkanes of at least 4 members (excludes halogenated alkanes) is 26. The van der Waals surface area contributed by atoms with Crippen molar-refractivity contribution >= 4 is 11.9 Å². The maximum Gasteiger partial charge on any atom is 0.305 e. The van der Waals surface area contributed by atoms with Crippen molar-refractivity contribution in [1.82, 2.24) is 0 Å². The highest BCUT2D eigenvalue weighted by molar-refractivity contribution is 5.69. The van der Waals surface area contributed by atoms with Crippen LogP contribution in [0.5, 0.6) is 0 Å². The fraction of sp³-hybridized carbons (Fsp3) is 0.808. The molecule has 0 fully saturated rings. The van der Waals surface area contributed by atoms with Gasteiger partial charge in [-0.2, -0.15) is 0 Å². The number of rotatable bonds is 42. The number of hydrogen-bond donors (Lipinski definition) is 0. The van der Waals surface area contributed by atoms with Crippen LogP contribution in [0, 0.1) is 0 Å². The normalized spacial score (nSPS) is 11.6. The van der Waals surface area contributed by atoms with Gasteiger partial charge in [0.05, 0.1) is 13.2 Å². The van der Waals surface area contributed by atoms with Gasteiger partial charge in [-0.3, -0.25) is 9.59 Å². The van der Waals surface area contributed by atoms with Gasteiger partial charge in [-0.25, -0.2) is 0 Å². The predicted molar refractivity (Wildman–Crippen MR) is 247 cm³/mol. The minimum Gasteiger partial charge on any atom is -0.466 e. The van der Waals surface area contributed by atoms with Gasteiger partial charge >= 0.3 is 11.9 Å². The van der Waals surface area contributed by atoms with Gasteiger partial charge in [0, 0.05) is 12.8 Å². The molecule has 0 saturated heterocycles. The summed E-state index contributed by atoms with van der Waals surface area (Å²) in [7, 11) is 0. The Labute approximate surface area is 350 Å². The Morgan fingerprint density at radius 3 is 0.893 bits per heavy atom. The molecule has 0 aromatic heterocycles. The Morgan fingerprint density at radius 1 is 0.304 bits per heavy atom. The van der Waals surface area contributed by atoms with Gasteiger partial charge in [-0.05, 0) is 89.9 Å². The molecule has 0 amide bonds. The molecular formula is C52H96O4. The van der Waals surface area contributed by atoms with Crippen molar-refractivity contribution in [2.24, 2.45) is 0 Å². The zero-order valence-electron chi connectivity index (χ0n) is 38.1. The molecule has 4 nitrogen and oxygen atoms in total. The molecule has 0 aliphatic heterocycles. The van der Waals surface area contributed by atoms with E-state index in [0.29, 0.717) is 26.1 Å². The molecule has 0 aliphatic carbocycles. The molecule has 0 rings (SSSR count). The Kier molecular flexibility index (Phi) is 52.9. The van der Waals surface area contributed by atoms with E-state index in [2.05, 4.69) is 76.3 Å². The molecule has 0 unspecified atom stereocenters. The summed E-state index contributed by atoms with van der Waals surface area (Å²) in [6.07, 6.45) is 61.2. The van der Waals surface area contributed by atoms with Crippen LogP contribution in [0.2, 0.25) is 0 Å². The maximum atomic E-state index is 11.7. The first-order valence-electron chi connectivity index (χ1n) is 24.5. The second kappa shape index (κ2) is 52.9. The summed E-state index contributed by atoms with van der Waals surface area (Å²) in [5, 5.41) is 0. The molecule has 0 aromatic carbocycles. The fourth-order valence-electron chi connectivity index (χ4n) is 6.44. The van der Waals surface area contributed by atoms with Crippen molar-refractivity contribution in [3.63, 3.8) is 0 Å². The summed E-state index contributed by atoms with van der Waals surface area (Å²) in [4.78, 5) is 23.4. The lowest BCUT2D eigenvalue weighted by molar-refractivity contribution is -0.144. The van der Waals surface area contributed by atoms with E-state index < -0.39 is 0 Å². The van der Waals surface area contributed by atoms with Crippen molar-refractivity contribution < 1.29 is 19.1 Å². The standard InChI is InChI=1S/2C26H48O2/c2*1-3-5-7-9-11-12-13-14-15-16-17-18-19-20-22-24-26(27)28-25-23-21-10-8-6-4-2/h2*11-12,14-15H,3-10,13,16-25H2,1-2H3. The van der Waals surface area contributed by atoms with Crippen LogP contribution in [0.4, 0.5) is 0 Å². The number of hydrogen-bond acceptors (Lipinski definition) is 4. The molecule has 0 saturated carbocycles. The first-order chi connectivity index (χ1) is 27.6. The molecule has 4 heteroatoms. The number of carbonyl (C=O) groups excluding carboxylic acids is 2. The summed E-state index contributed by atoms with van der Waals surface area (Å²) in [6, 6.07) is 0. The van der Waals surface area contributed by atoms with Crippen LogP contribution in [0.3, 0.4) is 0 Å². The Hall–Kier alpha value is -2.10. The second-order valence-electron chi connectivity index (χ2n) is 15.9. The Bertz CT molecular complexity index is 813. The minimum absolute atomic E-state index is 0.000703. The monoisotopic (exact) mass is 785 g/mol. The van der Waals surface area contributed by atoms with E-state index in [0.717, 1.165) is 51.4 Å². The largest absolute Gasteiger partial charge is 0.466 e. The van der Waals surface area contributed by atoms with E-state index >= 15 is 0 Å². The molecule has 0 N–H and O–H groups in total. The highest BCUT2D eigenvalue weighted by Gasteiger charge is 2.03. The first-order valence-corrected chi connectivity index (χ1v) is 24.5. The lowest BCUT2D eigenvalue weighted by Crippen LogP contribution is -2.05. The van der Waals surface area contributed by atoms with Gasteiger partial charge in [0.1, 0.15) is 0 Å². The highest BCUT2D eigenvalue weighted by Crippen LogP contribution is 2.12. The van der Waals surface area contributed by atoms with Crippen molar-refractivity contribution in [3.8, 4) is 0 Å². The SMILES string of the molecule is CCCCCC=CCC=CCCCCCCCC(=O)OCCCCCCCC.CCCCCC=CCC=CCCCCCCCC(=O)OCCCCCCCC. The summed E-state index contributed by atoms with van der Waals surface area (Å²) in [5.74, 6) is -0.00141. The molecular weight excluding hydrogens is 689 g/mol. The topological polar surface area (TPSA) is 52.6 Å². The van der Waals surface area contributed by atoms with Crippen LogP contribution in [-0.2, 0) is 19.1 Å². The van der Waals surface area contributed by atoms with Gasteiger partial charge in [-0.1, -0.05) is 205 Å². The lowest BCUT2D eigenvalue weighted by atomic mass is 10.1. The molecule has 56 heavy (non-hydrogen) atoms. The number of ether oxygens (including phenoxy) is 2. The average Bonchev–Trinajstić information content (AvgIpc) is 3.20. The Balaban J connectivity index is 0.